The van der Waals surface area contributed by atoms with Gasteiger partial charge in [0.25, 0.3) is 5.56 Å². The molecule has 1 aliphatic heterocycles. The van der Waals surface area contributed by atoms with E-state index in [4.69, 9.17) is 0 Å². The molecule has 1 aromatic rings. The summed E-state index contributed by atoms with van der Waals surface area (Å²) in [4.78, 5) is 25.4. The molecule has 1 saturated heterocycles. The average molecular weight is 292 g/mol. The van der Waals surface area contributed by atoms with E-state index in [1.54, 1.807) is 19.3 Å². The summed E-state index contributed by atoms with van der Waals surface area (Å²) in [5.74, 6) is 0.588. The topological polar surface area (TPSA) is 67.2 Å². The van der Waals surface area contributed by atoms with E-state index in [0.29, 0.717) is 12.3 Å². The van der Waals surface area contributed by atoms with E-state index in [9.17, 15) is 9.59 Å². The van der Waals surface area contributed by atoms with Crippen LogP contribution in [0.1, 0.15) is 32.6 Å². The molecule has 1 aromatic heterocycles. The second-order valence-corrected chi connectivity index (χ2v) is 5.68. The zero-order valence-electron chi connectivity index (χ0n) is 12.8. The first-order chi connectivity index (χ1) is 10.1. The van der Waals surface area contributed by atoms with Gasteiger partial charge in [0.2, 0.25) is 5.91 Å². The molecule has 1 amide bonds. The number of nitrogens with zero attached hydrogens (tertiary/aromatic N) is 3. The number of aromatic nitrogens is 2. The van der Waals surface area contributed by atoms with Crippen molar-refractivity contribution in [3.8, 4) is 0 Å². The van der Waals surface area contributed by atoms with Gasteiger partial charge in [0.15, 0.2) is 0 Å². The number of unbranched alkanes of at least 4 members (excludes halogenated alkanes) is 1. The minimum Gasteiger partial charge on any atom is -0.370 e. The zero-order valence-corrected chi connectivity index (χ0v) is 12.8. The van der Waals surface area contributed by atoms with E-state index in [1.165, 1.54) is 4.68 Å². The molecule has 0 bridgehead atoms. The maximum Gasteiger partial charge on any atom is 0.268 e. The van der Waals surface area contributed by atoms with E-state index in [1.807, 2.05) is 0 Å². The first kappa shape index (κ1) is 15.5. The first-order valence-corrected chi connectivity index (χ1v) is 7.65. The number of hydrogen-bond donors (Lipinski definition) is 1. The molecular weight excluding hydrogens is 268 g/mol. The lowest BCUT2D eigenvalue weighted by atomic mass is 10.1. The Morgan fingerprint density at radius 2 is 2.33 bits per heavy atom. The molecule has 1 fully saturated rings. The van der Waals surface area contributed by atoms with Gasteiger partial charge in [0, 0.05) is 39.2 Å². The molecule has 0 aromatic carbocycles. The largest absolute Gasteiger partial charge is 0.370 e. The Kier molecular flexibility index (Phi) is 5.36. The summed E-state index contributed by atoms with van der Waals surface area (Å²) >= 11 is 0. The number of hydrogen-bond acceptors (Lipinski definition) is 4. The maximum absolute atomic E-state index is 11.6. The standard InChI is InChI=1S/C15H24N4O2/c1-3-4-5-14(20)16-9-12-6-7-19(11-12)13-8-15(21)18(2)17-10-13/h8,10,12H,3-7,9,11H2,1-2H3,(H,16,20)/t12-/m0/s1. The smallest absolute Gasteiger partial charge is 0.268 e. The summed E-state index contributed by atoms with van der Waals surface area (Å²) in [6, 6.07) is 1.62. The molecule has 0 saturated carbocycles. The van der Waals surface area contributed by atoms with Crippen LogP contribution in [0.4, 0.5) is 5.69 Å². The van der Waals surface area contributed by atoms with Crippen LogP contribution in [0.25, 0.3) is 0 Å². The lowest BCUT2D eigenvalue weighted by molar-refractivity contribution is -0.121. The predicted molar refractivity (Wildman–Crippen MR) is 82.3 cm³/mol. The lowest BCUT2D eigenvalue weighted by Crippen LogP contribution is -2.31. The Morgan fingerprint density at radius 3 is 3.05 bits per heavy atom. The molecule has 21 heavy (non-hydrogen) atoms. The fourth-order valence-electron chi connectivity index (χ4n) is 2.55. The Balaban J connectivity index is 1.82. The summed E-state index contributed by atoms with van der Waals surface area (Å²) in [7, 11) is 1.64. The van der Waals surface area contributed by atoms with Crippen LogP contribution in [-0.2, 0) is 11.8 Å². The van der Waals surface area contributed by atoms with Crippen molar-refractivity contribution in [2.75, 3.05) is 24.5 Å². The molecule has 2 rings (SSSR count). The SMILES string of the molecule is CCCCC(=O)NC[C@@H]1CCN(c2cnn(C)c(=O)c2)C1. The van der Waals surface area contributed by atoms with Crippen LogP contribution in [0.5, 0.6) is 0 Å². The minimum atomic E-state index is -0.0937. The maximum atomic E-state index is 11.6. The number of carbonyl (C=O) groups is 1. The third kappa shape index (κ3) is 4.31. The van der Waals surface area contributed by atoms with Crippen LogP contribution >= 0.6 is 0 Å². The predicted octanol–water partition coefficient (Wildman–Crippen LogP) is 0.913. The molecule has 6 nitrogen and oxygen atoms in total. The van der Waals surface area contributed by atoms with Crippen molar-refractivity contribution in [3.63, 3.8) is 0 Å². The highest BCUT2D eigenvalue weighted by Gasteiger charge is 2.23. The van der Waals surface area contributed by atoms with Crippen molar-refractivity contribution in [2.24, 2.45) is 13.0 Å². The summed E-state index contributed by atoms with van der Waals surface area (Å²) in [6.07, 6.45) is 5.36. The highest BCUT2D eigenvalue weighted by Crippen LogP contribution is 2.21. The molecule has 1 N–H and O–H groups in total. The normalized spacial score (nSPS) is 18.0. The van der Waals surface area contributed by atoms with Gasteiger partial charge in [0.05, 0.1) is 11.9 Å². The minimum absolute atomic E-state index is 0.0937. The average Bonchev–Trinajstić information content (AvgIpc) is 2.94. The van der Waals surface area contributed by atoms with Crippen molar-refractivity contribution in [3.05, 3.63) is 22.6 Å². The molecule has 0 spiro atoms. The molecule has 116 valence electrons. The van der Waals surface area contributed by atoms with Gasteiger partial charge < -0.3 is 10.2 Å². The first-order valence-electron chi connectivity index (χ1n) is 7.65. The van der Waals surface area contributed by atoms with Crippen LogP contribution in [0.3, 0.4) is 0 Å². The molecular formula is C15H24N4O2. The van der Waals surface area contributed by atoms with Crippen molar-refractivity contribution < 1.29 is 4.79 Å². The van der Waals surface area contributed by atoms with E-state index < -0.39 is 0 Å². The van der Waals surface area contributed by atoms with Crippen LogP contribution in [0.2, 0.25) is 0 Å². The van der Waals surface area contributed by atoms with Crippen LogP contribution in [0.15, 0.2) is 17.1 Å². The van der Waals surface area contributed by atoms with Crippen LogP contribution < -0.4 is 15.8 Å². The molecule has 6 heteroatoms. The van der Waals surface area contributed by atoms with E-state index in [0.717, 1.165) is 44.6 Å². The van der Waals surface area contributed by atoms with Gasteiger partial charge in [0.1, 0.15) is 0 Å². The van der Waals surface area contributed by atoms with Crippen molar-refractivity contribution in [2.45, 2.75) is 32.6 Å². The van der Waals surface area contributed by atoms with Crippen molar-refractivity contribution in [1.82, 2.24) is 15.1 Å². The summed E-state index contributed by atoms with van der Waals surface area (Å²) in [5, 5.41) is 7.05. The third-order valence-corrected chi connectivity index (χ3v) is 3.95. The van der Waals surface area contributed by atoms with Crippen molar-refractivity contribution in [1.29, 1.82) is 0 Å². The Hall–Kier alpha value is -1.85. The molecule has 0 unspecified atom stereocenters. The van der Waals surface area contributed by atoms with Crippen LogP contribution in [-0.4, -0.2) is 35.3 Å². The van der Waals surface area contributed by atoms with Gasteiger partial charge in [-0.25, -0.2) is 4.68 Å². The Morgan fingerprint density at radius 1 is 1.52 bits per heavy atom. The monoisotopic (exact) mass is 292 g/mol. The molecule has 0 radical (unpaired) electrons. The molecule has 2 heterocycles. The van der Waals surface area contributed by atoms with Gasteiger partial charge in [-0.05, 0) is 18.8 Å². The quantitative estimate of drug-likeness (QED) is 0.846. The zero-order chi connectivity index (χ0) is 15.2. The van der Waals surface area contributed by atoms with Crippen molar-refractivity contribution >= 4 is 11.6 Å². The third-order valence-electron chi connectivity index (χ3n) is 3.95. The van der Waals surface area contributed by atoms with E-state index in [-0.39, 0.29) is 11.5 Å². The molecule has 1 aliphatic rings. The number of carbonyl (C=O) groups excluding carboxylic acids is 1. The van der Waals surface area contributed by atoms with Gasteiger partial charge >= 0.3 is 0 Å². The van der Waals surface area contributed by atoms with Gasteiger partial charge in [-0.15, -0.1) is 0 Å². The van der Waals surface area contributed by atoms with Gasteiger partial charge in [-0.1, -0.05) is 13.3 Å². The Labute approximate surface area is 125 Å². The van der Waals surface area contributed by atoms with Gasteiger partial charge in [-0.3, -0.25) is 9.59 Å². The summed E-state index contributed by atoms with van der Waals surface area (Å²) < 4.78 is 1.32. The summed E-state index contributed by atoms with van der Waals surface area (Å²) in [6.45, 7) is 4.57. The number of rotatable bonds is 6. The number of anilines is 1. The highest BCUT2D eigenvalue weighted by atomic mass is 16.1. The lowest BCUT2D eigenvalue weighted by Gasteiger charge is -2.18. The number of nitrogens with one attached hydrogen (secondary N) is 1. The van der Waals surface area contributed by atoms with E-state index in [2.05, 4.69) is 22.2 Å². The number of amides is 1. The second-order valence-electron chi connectivity index (χ2n) is 5.68. The fraction of sp³-hybridized carbons (Fsp3) is 0.667. The Bertz CT molecular complexity index is 541. The molecule has 0 aliphatic carbocycles. The fourth-order valence-corrected chi connectivity index (χ4v) is 2.55. The van der Waals surface area contributed by atoms with Gasteiger partial charge in [-0.2, -0.15) is 5.10 Å². The van der Waals surface area contributed by atoms with Crippen LogP contribution in [0, 0.1) is 5.92 Å². The highest BCUT2D eigenvalue weighted by molar-refractivity contribution is 5.75. The number of aryl methyl sites for hydroxylation is 1. The second kappa shape index (κ2) is 7.24. The van der Waals surface area contributed by atoms with E-state index >= 15 is 0 Å². The molecule has 1 atom stereocenters. The summed E-state index contributed by atoms with van der Waals surface area (Å²) in [5.41, 5.74) is 0.779.